The molecule has 0 aliphatic heterocycles. The number of primary sulfonamides is 1. The molecule has 0 aliphatic rings. The van der Waals surface area contributed by atoms with E-state index < -0.39 is 27.7 Å². The van der Waals surface area contributed by atoms with Crippen LogP contribution in [0.15, 0.2) is 24.3 Å². The Labute approximate surface area is 120 Å². The topological polar surface area (TPSA) is 89.3 Å². The van der Waals surface area contributed by atoms with E-state index in [1.165, 1.54) is 12.1 Å². The summed E-state index contributed by atoms with van der Waals surface area (Å²) in [6, 6.07) is 4.27. The van der Waals surface area contributed by atoms with E-state index in [4.69, 9.17) is 5.14 Å². The molecule has 118 valence electrons. The van der Waals surface area contributed by atoms with Gasteiger partial charge in [-0.1, -0.05) is 12.1 Å². The fourth-order valence-electron chi connectivity index (χ4n) is 1.56. The number of amides is 1. The minimum atomic E-state index is -4.41. The fraction of sp³-hybridized carbons (Fsp3) is 0.417. The number of rotatable bonds is 6. The molecule has 0 aliphatic carbocycles. The molecule has 0 saturated carbocycles. The van der Waals surface area contributed by atoms with E-state index in [0.717, 1.165) is 12.1 Å². The van der Waals surface area contributed by atoms with Crippen molar-refractivity contribution in [3.63, 3.8) is 0 Å². The van der Waals surface area contributed by atoms with Gasteiger partial charge in [0.25, 0.3) is 0 Å². The summed E-state index contributed by atoms with van der Waals surface area (Å²) >= 11 is 0. The molecule has 0 saturated heterocycles. The van der Waals surface area contributed by atoms with E-state index in [1.54, 1.807) is 0 Å². The zero-order valence-electron chi connectivity index (χ0n) is 11.0. The maximum Gasteiger partial charge on any atom is 0.416 e. The molecular weight excluding hydrogens is 309 g/mol. The average molecular weight is 324 g/mol. The van der Waals surface area contributed by atoms with E-state index >= 15 is 0 Å². The van der Waals surface area contributed by atoms with Crippen LogP contribution in [0.2, 0.25) is 0 Å². The summed E-state index contributed by atoms with van der Waals surface area (Å²) in [5.74, 6) is -0.641. The summed E-state index contributed by atoms with van der Waals surface area (Å²) in [4.78, 5) is 11.5. The van der Waals surface area contributed by atoms with Gasteiger partial charge in [0.15, 0.2) is 0 Å². The lowest BCUT2D eigenvalue weighted by Crippen LogP contribution is -2.28. The van der Waals surface area contributed by atoms with Crippen molar-refractivity contribution in [3.05, 3.63) is 35.4 Å². The van der Waals surface area contributed by atoms with Crippen molar-refractivity contribution in [1.29, 1.82) is 0 Å². The van der Waals surface area contributed by atoms with E-state index in [9.17, 15) is 26.4 Å². The standard InChI is InChI=1S/C12H15F3N2O3S/c13-12(14,15)10-4-2-9(3-5-10)8-11(18)17-6-1-7-21(16,19)20/h2-5H,1,6-8H2,(H,17,18)(H2,16,19,20). The minimum absolute atomic E-state index is 0.0759. The molecule has 3 N–H and O–H groups in total. The average Bonchev–Trinajstić information content (AvgIpc) is 2.33. The molecule has 0 unspecified atom stereocenters. The highest BCUT2D eigenvalue weighted by molar-refractivity contribution is 7.89. The maximum absolute atomic E-state index is 12.3. The number of carbonyl (C=O) groups is 1. The second-order valence-corrected chi connectivity index (χ2v) is 6.18. The molecule has 1 rings (SSSR count). The van der Waals surface area contributed by atoms with Gasteiger partial charge in [0, 0.05) is 6.54 Å². The number of carbonyl (C=O) groups excluding carboxylic acids is 1. The molecule has 0 spiro atoms. The predicted molar refractivity (Wildman–Crippen MR) is 70.7 cm³/mol. The number of hydrogen-bond donors (Lipinski definition) is 2. The Balaban J connectivity index is 2.41. The van der Waals surface area contributed by atoms with Crippen LogP contribution in [0.5, 0.6) is 0 Å². The number of hydrogen-bond acceptors (Lipinski definition) is 3. The summed E-state index contributed by atoms with van der Waals surface area (Å²) in [6.45, 7) is 0.135. The molecule has 5 nitrogen and oxygen atoms in total. The number of halogens is 3. The molecule has 0 atom stereocenters. The van der Waals surface area contributed by atoms with Crippen LogP contribution in [0, 0.1) is 0 Å². The molecule has 0 radical (unpaired) electrons. The van der Waals surface area contributed by atoms with Gasteiger partial charge in [-0.25, -0.2) is 13.6 Å². The Bertz CT molecular complexity index is 583. The van der Waals surface area contributed by atoms with Gasteiger partial charge in [-0.3, -0.25) is 4.79 Å². The number of alkyl halides is 3. The van der Waals surface area contributed by atoms with E-state index in [2.05, 4.69) is 5.32 Å². The van der Waals surface area contributed by atoms with Crippen molar-refractivity contribution in [2.45, 2.75) is 19.0 Å². The molecule has 0 fully saturated rings. The van der Waals surface area contributed by atoms with Gasteiger partial charge in [-0.15, -0.1) is 0 Å². The van der Waals surface area contributed by atoms with E-state index in [0.29, 0.717) is 5.56 Å². The summed E-state index contributed by atoms with van der Waals surface area (Å²) in [6.07, 6.45) is -4.31. The normalized spacial score (nSPS) is 12.2. The molecule has 0 aromatic heterocycles. The molecule has 1 aromatic carbocycles. The van der Waals surface area contributed by atoms with Crippen LogP contribution in [0.4, 0.5) is 13.2 Å². The van der Waals surface area contributed by atoms with Gasteiger partial charge in [0.2, 0.25) is 15.9 Å². The Kier molecular flexibility index (Phi) is 5.73. The molecule has 0 bridgehead atoms. The molecule has 1 aromatic rings. The van der Waals surface area contributed by atoms with Crippen molar-refractivity contribution in [1.82, 2.24) is 5.32 Å². The lowest BCUT2D eigenvalue weighted by molar-refractivity contribution is -0.137. The smallest absolute Gasteiger partial charge is 0.356 e. The van der Waals surface area contributed by atoms with Crippen LogP contribution < -0.4 is 10.5 Å². The Hall–Kier alpha value is -1.61. The van der Waals surface area contributed by atoms with E-state index in [-0.39, 0.29) is 25.1 Å². The summed E-state index contributed by atoms with van der Waals surface area (Å²) in [5, 5.41) is 7.26. The molecule has 0 heterocycles. The van der Waals surface area contributed by atoms with Gasteiger partial charge >= 0.3 is 6.18 Å². The Morgan fingerprint density at radius 2 is 1.76 bits per heavy atom. The SMILES string of the molecule is NS(=O)(=O)CCCNC(=O)Cc1ccc(C(F)(F)F)cc1. The number of nitrogens with two attached hydrogens (primary N) is 1. The summed E-state index contributed by atoms with van der Waals surface area (Å²) in [7, 11) is -3.56. The van der Waals surface area contributed by atoms with Crippen molar-refractivity contribution in [2.75, 3.05) is 12.3 Å². The first-order valence-electron chi connectivity index (χ1n) is 6.01. The lowest BCUT2D eigenvalue weighted by atomic mass is 10.1. The van der Waals surface area contributed by atoms with Gasteiger partial charge in [0.1, 0.15) is 0 Å². The van der Waals surface area contributed by atoms with Crippen LogP contribution in [-0.2, 0) is 27.4 Å². The minimum Gasteiger partial charge on any atom is -0.356 e. The third-order valence-corrected chi connectivity index (χ3v) is 3.43. The largest absolute Gasteiger partial charge is 0.416 e. The monoisotopic (exact) mass is 324 g/mol. The maximum atomic E-state index is 12.3. The Morgan fingerprint density at radius 1 is 1.19 bits per heavy atom. The number of benzene rings is 1. The Morgan fingerprint density at radius 3 is 2.24 bits per heavy atom. The molecular formula is C12H15F3N2O3S. The van der Waals surface area contributed by atoms with Crippen LogP contribution in [-0.4, -0.2) is 26.6 Å². The van der Waals surface area contributed by atoms with Crippen molar-refractivity contribution >= 4 is 15.9 Å². The number of nitrogens with one attached hydrogen (secondary N) is 1. The first-order chi connectivity index (χ1) is 9.58. The first kappa shape index (κ1) is 17.4. The quantitative estimate of drug-likeness (QED) is 0.766. The third kappa shape index (κ3) is 7.09. The highest BCUT2D eigenvalue weighted by atomic mass is 32.2. The van der Waals surface area contributed by atoms with Gasteiger partial charge < -0.3 is 5.32 Å². The fourth-order valence-corrected chi connectivity index (χ4v) is 2.11. The highest BCUT2D eigenvalue weighted by Crippen LogP contribution is 2.29. The molecule has 21 heavy (non-hydrogen) atoms. The van der Waals surface area contributed by atoms with Gasteiger partial charge in [-0.05, 0) is 24.1 Å². The van der Waals surface area contributed by atoms with Crippen molar-refractivity contribution in [3.8, 4) is 0 Å². The van der Waals surface area contributed by atoms with Gasteiger partial charge in [-0.2, -0.15) is 13.2 Å². The summed E-state index contributed by atoms with van der Waals surface area (Å²) < 4.78 is 58.3. The zero-order valence-corrected chi connectivity index (χ0v) is 11.8. The third-order valence-electron chi connectivity index (χ3n) is 2.57. The van der Waals surface area contributed by atoms with Gasteiger partial charge in [0.05, 0.1) is 17.7 Å². The lowest BCUT2D eigenvalue weighted by Gasteiger charge is -2.08. The molecule has 1 amide bonds. The van der Waals surface area contributed by atoms with Crippen molar-refractivity contribution in [2.24, 2.45) is 5.14 Å². The van der Waals surface area contributed by atoms with Crippen LogP contribution in [0.1, 0.15) is 17.5 Å². The van der Waals surface area contributed by atoms with E-state index in [1.807, 2.05) is 0 Å². The predicted octanol–water partition coefficient (Wildman–Crippen LogP) is 1.04. The van der Waals surface area contributed by atoms with Crippen LogP contribution in [0.25, 0.3) is 0 Å². The zero-order chi connectivity index (χ0) is 16.1. The molecule has 9 heteroatoms. The van der Waals surface area contributed by atoms with Crippen LogP contribution in [0.3, 0.4) is 0 Å². The van der Waals surface area contributed by atoms with Crippen molar-refractivity contribution < 1.29 is 26.4 Å². The highest BCUT2D eigenvalue weighted by Gasteiger charge is 2.29. The first-order valence-corrected chi connectivity index (χ1v) is 7.73. The van der Waals surface area contributed by atoms with Crippen LogP contribution >= 0.6 is 0 Å². The summed E-state index contributed by atoms with van der Waals surface area (Å²) in [5.41, 5.74) is -0.341. The number of sulfonamides is 1. The second-order valence-electron chi connectivity index (χ2n) is 4.44. The second kappa shape index (κ2) is 6.90.